The Hall–Kier alpha value is -2.13. The number of benzene rings is 2. The molecule has 1 saturated heterocycles. The molecular formula is C23H28N2O. The lowest BCUT2D eigenvalue weighted by molar-refractivity contribution is 0.0683. The Morgan fingerprint density at radius 3 is 2.58 bits per heavy atom. The maximum absolute atomic E-state index is 12.7. The minimum atomic E-state index is 0.190. The molecule has 0 N–H and O–H groups in total. The van der Waals surface area contributed by atoms with Crippen LogP contribution in [0.15, 0.2) is 48.5 Å². The third-order valence-electron chi connectivity index (χ3n) is 5.76. The van der Waals surface area contributed by atoms with Gasteiger partial charge < -0.3 is 4.90 Å². The molecule has 0 saturated carbocycles. The summed E-state index contributed by atoms with van der Waals surface area (Å²) in [5.41, 5.74) is 5.05. The third-order valence-corrected chi connectivity index (χ3v) is 5.76. The molecule has 4 rings (SSSR count). The second kappa shape index (κ2) is 7.63. The van der Waals surface area contributed by atoms with Crippen molar-refractivity contribution in [2.75, 3.05) is 19.6 Å². The van der Waals surface area contributed by atoms with Crippen molar-refractivity contribution in [1.29, 1.82) is 0 Å². The van der Waals surface area contributed by atoms with Gasteiger partial charge >= 0.3 is 0 Å². The first-order chi connectivity index (χ1) is 12.7. The van der Waals surface area contributed by atoms with Crippen LogP contribution >= 0.6 is 0 Å². The Balaban J connectivity index is 1.38. The lowest BCUT2D eigenvalue weighted by Crippen LogP contribution is -2.39. The van der Waals surface area contributed by atoms with E-state index in [4.69, 9.17) is 0 Å². The summed E-state index contributed by atoms with van der Waals surface area (Å²) in [7, 11) is 0. The number of hydrogen-bond acceptors (Lipinski definition) is 2. The third kappa shape index (κ3) is 3.83. The second-order valence-electron chi connectivity index (χ2n) is 7.92. The van der Waals surface area contributed by atoms with E-state index >= 15 is 0 Å². The molecule has 0 bridgehead atoms. The Labute approximate surface area is 156 Å². The van der Waals surface area contributed by atoms with Crippen LogP contribution < -0.4 is 0 Å². The zero-order valence-corrected chi connectivity index (χ0v) is 15.7. The minimum absolute atomic E-state index is 0.190. The highest BCUT2D eigenvalue weighted by atomic mass is 16.2. The molecule has 26 heavy (non-hydrogen) atoms. The van der Waals surface area contributed by atoms with Gasteiger partial charge in [-0.1, -0.05) is 43.3 Å². The molecule has 2 aliphatic rings. The predicted molar refractivity (Wildman–Crippen MR) is 105 cm³/mol. The number of rotatable bonds is 3. The average Bonchev–Trinajstić information content (AvgIpc) is 2.68. The first-order valence-electron chi connectivity index (χ1n) is 9.86. The number of nitrogens with zero attached hydrogens (tertiary/aromatic N) is 2. The van der Waals surface area contributed by atoms with Gasteiger partial charge in [0, 0.05) is 38.3 Å². The lowest BCUT2D eigenvalue weighted by Gasteiger charge is -2.31. The number of amides is 1. The van der Waals surface area contributed by atoms with E-state index in [1.165, 1.54) is 23.1 Å². The monoisotopic (exact) mass is 348 g/mol. The van der Waals surface area contributed by atoms with Crippen LogP contribution in [0.1, 0.15) is 46.8 Å². The molecule has 0 aromatic heterocycles. The fraction of sp³-hybridized carbons (Fsp3) is 0.435. The first-order valence-corrected chi connectivity index (χ1v) is 9.86. The summed E-state index contributed by atoms with van der Waals surface area (Å²) in [5.74, 6) is 0.809. The van der Waals surface area contributed by atoms with E-state index in [2.05, 4.69) is 48.2 Å². The zero-order valence-electron chi connectivity index (χ0n) is 15.7. The number of fused-ring (bicyclic) bond motifs is 1. The summed E-state index contributed by atoms with van der Waals surface area (Å²) >= 11 is 0. The normalized spacial score (nSPS) is 20.7. The van der Waals surface area contributed by atoms with Crippen LogP contribution in [0.4, 0.5) is 0 Å². The van der Waals surface area contributed by atoms with E-state index in [1.54, 1.807) is 0 Å². The molecule has 1 amide bonds. The molecule has 2 heterocycles. The van der Waals surface area contributed by atoms with Crippen LogP contribution in [0.2, 0.25) is 0 Å². The van der Waals surface area contributed by atoms with Crippen LogP contribution in [0.3, 0.4) is 0 Å². The van der Waals surface area contributed by atoms with Gasteiger partial charge in [-0.3, -0.25) is 9.69 Å². The van der Waals surface area contributed by atoms with Crippen molar-refractivity contribution in [2.45, 2.75) is 39.3 Å². The van der Waals surface area contributed by atoms with E-state index in [1.807, 2.05) is 17.0 Å². The molecule has 1 atom stereocenters. The second-order valence-corrected chi connectivity index (χ2v) is 7.92. The molecule has 3 heteroatoms. The molecule has 0 aliphatic carbocycles. The fourth-order valence-corrected chi connectivity index (χ4v) is 4.26. The molecule has 136 valence electrons. The van der Waals surface area contributed by atoms with Crippen molar-refractivity contribution in [3.63, 3.8) is 0 Å². The fourth-order valence-electron chi connectivity index (χ4n) is 4.26. The van der Waals surface area contributed by atoms with Crippen molar-refractivity contribution < 1.29 is 4.79 Å². The standard InChI is InChI=1S/C23H28N2O/c1-18-5-4-13-25(15-18)23(26)21-10-8-19(9-11-21)16-24-14-12-20-6-2-3-7-22(20)17-24/h2-3,6-11,18H,4-5,12-17H2,1H3/t18-/m1/s1. The topological polar surface area (TPSA) is 23.6 Å². The van der Waals surface area contributed by atoms with Gasteiger partial charge in [-0.05, 0) is 54.0 Å². The molecule has 2 aromatic rings. The molecular weight excluding hydrogens is 320 g/mol. The highest BCUT2D eigenvalue weighted by Gasteiger charge is 2.22. The van der Waals surface area contributed by atoms with Crippen molar-refractivity contribution in [2.24, 2.45) is 5.92 Å². The quantitative estimate of drug-likeness (QED) is 0.833. The first kappa shape index (κ1) is 17.3. The number of carbonyl (C=O) groups excluding carboxylic acids is 1. The maximum Gasteiger partial charge on any atom is 0.253 e. The van der Waals surface area contributed by atoms with E-state index in [-0.39, 0.29) is 5.91 Å². The molecule has 3 nitrogen and oxygen atoms in total. The maximum atomic E-state index is 12.7. The molecule has 2 aromatic carbocycles. The van der Waals surface area contributed by atoms with Gasteiger partial charge in [0.2, 0.25) is 0 Å². The van der Waals surface area contributed by atoms with E-state index in [9.17, 15) is 4.79 Å². The van der Waals surface area contributed by atoms with Crippen LogP contribution in [0.5, 0.6) is 0 Å². The van der Waals surface area contributed by atoms with E-state index < -0.39 is 0 Å². The largest absolute Gasteiger partial charge is 0.338 e. The van der Waals surface area contributed by atoms with Gasteiger partial charge in [0.1, 0.15) is 0 Å². The van der Waals surface area contributed by atoms with Gasteiger partial charge in [-0.25, -0.2) is 0 Å². The van der Waals surface area contributed by atoms with Crippen LogP contribution in [-0.2, 0) is 19.5 Å². The molecule has 0 radical (unpaired) electrons. The van der Waals surface area contributed by atoms with E-state index in [0.29, 0.717) is 5.92 Å². The highest BCUT2D eigenvalue weighted by Crippen LogP contribution is 2.21. The van der Waals surface area contributed by atoms with Crippen LogP contribution in [0, 0.1) is 5.92 Å². The summed E-state index contributed by atoms with van der Waals surface area (Å²) in [6.45, 7) is 7.10. The predicted octanol–water partition coefficient (Wildman–Crippen LogP) is 4.12. The molecule has 0 spiro atoms. The van der Waals surface area contributed by atoms with Crippen molar-refractivity contribution in [3.8, 4) is 0 Å². The van der Waals surface area contributed by atoms with Crippen LogP contribution in [0.25, 0.3) is 0 Å². The van der Waals surface area contributed by atoms with Crippen molar-refractivity contribution in [1.82, 2.24) is 9.80 Å². The smallest absolute Gasteiger partial charge is 0.253 e. The Morgan fingerprint density at radius 1 is 1.04 bits per heavy atom. The Kier molecular flexibility index (Phi) is 5.07. The summed E-state index contributed by atoms with van der Waals surface area (Å²) in [5, 5.41) is 0. The molecule has 2 aliphatic heterocycles. The van der Waals surface area contributed by atoms with Gasteiger partial charge in [0.25, 0.3) is 5.91 Å². The van der Waals surface area contributed by atoms with Crippen molar-refractivity contribution >= 4 is 5.91 Å². The van der Waals surface area contributed by atoms with Crippen LogP contribution in [-0.4, -0.2) is 35.3 Å². The zero-order chi connectivity index (χ0) is 17.9. The van der Waals surface area contributed by atoms with Crippen molar-refractivity contribution in [3.05, 3.63) is 70.8 Å². The summed E-state index contributed by atoms with van der Waals surface area (Å²) in [6, 6.07) is 17.0. The Morgan fingerprint density at radius 2 is 1.81 bits per heavy atom. The van der Waals surface area contributed by atoms with E-state index in [0.717, 1.165) is 51.1 Å². The summed E-state index contributed by atoms with van der Waals surface area (Å²) in [4.78, 5) is 17.2. The highest BCUT2D eigenvalue weighted by molar-refractivity contribution is 5.94. The number of piperidine rings is 1. The summed E-state index contributed by atoms with van der Waals surface area (Å²) < 4.78 is 0. The average molecular weight is 348 g/mol. The molecule has 1 fully saturated rings. The van der Waals surface area contributed by atoms with Gasteiger partial charge in [-0.2, -0.15) is 0 Å². The van der Waals surface area contributed by atoms with Gasteiger partial charge in [-0.15, -0.1) is 0 Å². The van der Waals surface area contributed by atoms with Gasteiger partial charge in [0.15, 0.2) is 0 Å². The molecule has 0 unspecified atom stereocenters. The SMILES string of the molecule is C[C@@H]1CCCN(C(=O)c2ccc(CN3CCc4ccccc4C3)cc2)C1. The number of carbonyl (C=O) groups is 1. The Bertz CT molecular complexity index is 768. The number of hydrogen-bond donors (Lipinski definition) is 0. The lowest BCUT2D eigenvalue weighted by atomic mass is 9.98. The number of likely N-dealkylation sites (tertiary alicyclic amines) is 1. The minimum Gasteiger partial charge on any atom is -0.338 e. The summed E-state index contributed by atoms with van der Waals surface area (Å²) in [6.07, 6.45) is 3.49. The van der Waals surface area contributed by atoms with Gasteiger partial charge in [0.05, 0.1) is 0 Å².